The number of aryl methyl sites for hydroxylation is 1. The topological polar surface area (TPSA) is 65.5 Å². The molecule has 158 valence electrons. The lowest BCUT2D eigenvalue weighted by atomic mass is 10.00. The van der Waals surface area contributed by atoms with E-state index in [1.54, 1.807) is 30.3 Å². The molecule has 31 heavy (non-hydrogen) atoms. The lowest BCUT2D eigenvalue weighted by molar-refractivity contribution is -0.125. The molecule has 0 aliphatic carbocycles. The van der Waals surface area contributed by atoms with Crippen LogP contribution in [0.2, 0.25) is 0 Å². The molecule has 2 aromatic carbocycles. The molecule has 4 rings (SSSR count). The Balaban J connectivity index is 1.49. The van der Waals surface area contributed by atoms with E-state index in [0.29, 0.717) is 25.5 Å². The molecule has 0 spiro atoms. The van der Waals surface area contributed by atoms with Crippen LogP contribution in [0.15, 0.2) is 54.7 Å². The van der Waals surface area contributed by atoms with Crippen molar-refractivity contribution in [2.45, 2.75) is 20.0 Å². The Labute approximate surface area is 182 Å². The molecular formula is C25H26N4O2. The number of rotatable bonds is 4. The van der Waals surface area contributed by atoms with Crippen LogP contribution in [0.5, 0.6) is 0 Å². The van der Waals surface area contributed by atoms with Gasteiger partial charge in [0.2, 0.25) is 11.8 Å². The second-order valence-electron chi connectivity index (χ2n) is 8.11. The van der Waals surface area contributed by atoms with Crippen molar-refractivity contribution in [3.05, 3.63) is 77.0 Å². The monoisotopic (exact) mass is 414 g/mol. The van der Waals surface area contributed by atoms with E-state index in [9.17, 15) is 9.59 Å². The van der Waals surface area contributed by atoms with E-state index in [1.807, 2.05) is 30.1 Å². The van der Waals surface area contributed by atoms with E-state index >= 15 is 0 Å². The molecular weight excluding hydrogens is 388 g/mol. The molecule has 1 aliphatic rings. The van der Waals surface area contributed by atoms with Gasteiger partial charge in [-0.1, -0.05) is 36.4 Å². The summed E-state index contributed by atoms with van der Waals surface area (Å²) in [7, 11) is 3.70. The molecule has 2 amide bonds. The molecule has 2 heterocycles. The molecule has 0 radical (unpaired) electrons. The molecule has 0 atom stereocenters. The largest absolute Gasteiger partial charge is 0.338 e. The molecule has 3 aromatic rings. The van der Waals surface area contributed by atoms with Crippen molar-refractivity contribution in [1.29, 1.82) is 0 Å². The van der Waals surface area contributed by atoms with Crippen molar-refractivity contribution in [1.82, 2.24) is 14.8 Å². The summed E-state index contributed by atoms with van der Waals surface area (Å²) in [6.07, 6.45) is 5.01. The minimum atomic E-state index is -0.0787. The smallest absolute Gasteiger partial charge is 0.246 e. The van der Waals surface area contributed by atoms with Gasteiger partial charge in [-0.15, -0.1) is 0 Å². The minimum absolute atomic E-state index is 0.0718. The van der Waals surface area contributed by atoms with Crippen LogP contribution < -0.4 is 5.32 Å². The highest BCUT2D eigenvalue weighted by Gasteiger charge is 2.17. The van der Waals surface area contributed by atoms with E-state index in [1.165, 1.54) is 16.3 Å². The molecule has 0 unspecified atom stereocenters. The lowest BCUT2D eigenvalue weighted by Crippen LogP contribution is -2.26. The van der Waals surface area contributed by atoms with Crippen LogP contribution in [0, 0.1) is 6.92 Å². The number of likely N-dealkylation sites (N-methyl/N-ethyl adjacent to an activating group) is 2. The van der Waals surface area contributed by atoms with Gasteiger partial charge in [0.25, 0.3) is 0 Å². The SMILES string of the molecule is Cc1ccc(CN(C)C(=O)C=Cc2cnc3c(c2)CN(C)CC(=O)N3)c2ccccc12. The highest BCUT2D eigenvalue weighted by atomic mass is 16.2. The van der Waals surface area contributed by atoms with Crippen LogP contribution >= 0.6 is 0 Å². The molecule has 6 nitrogen and oxygen atoms in total. The third-order valence-electron chi connectivity index (χ3n) is 5.53. The number of fused-ring (bicyclic) bond motifs is 2. The zero-order chi connectivity index (χ0) is 22.0. The van der Waals surface area contributed by atoms with Gasteiger partial charge >= 0.3 is 0 Å². The van der Waals surface area contributed by atoms with Gasteiger partial charge in [-0.05, 0) is 53.6 Å². The third-order valence-corrected chi connectivity index (χ3v) is 5.53. The molecule has 0 saturated heterocycles. The quantitative estimate of drug-likeness (QED) is 0.663. The zero-order valence-electron chi connectivity index (χ0n) is 18.1. The maximum atomic E-state index is 12.7. The van der Waals surface area contributed by atoms with Gasteiger partial charge in [-0.3, -0.25) is 14.5 Å². The van der Waals surface area contributed by atoms with E-state index in [0.717, 1.165) is 16.7 Å². The highest BCUT2D eigenvalue weighted by Crippen LogP contribution is 2.23. The summed E-state index contributed by atoms with van der Waals surface area (Å²) in [5, 5.41) is 5.20. The first-order valence-corrected chi connectivity index (χ1v) is 10.3. The number of carbonyl (C=O) groups excluding carboxylic acids is 2. The molecule has 1 aliphatic heterocycles. The van der Waals surface area contributed by atoms with E-state index in [-0.39, 0.29) is 11.8 Å². The number of anilines is 1. The molecule has 0 bridgehead atoms. The summed E-state index contributed by atoms with van der Waals surface area (Å²) in [6.45, 7) is 3.58. The van der Waals surface area contributed by atoms with E-state index < -0.39 is 0 Å². The summed E-state index contributed by atoms with van der Waals surface area (Å²) >= 11 is 0. The first kappa shape index (κ1) is 20.8. The maximum Gasteiger partial charge on any atom is 0.246 e. The van der Waals surface area contributed by atoms with Gasteiger partial charge in [0.05, 0.1) is 6.54 Å². The number of pyridine rings is 1. The van der Waals surface area contributed by atoms with Gasteiger partial charge < -0.3 is 10.2 Å². The summed E-state index contributed by atoms with van der Waals surface area (Å²) < 4.78 is 0. The van der Waals surface area contributed by atoms with Gasteiger partial charge in [0, 0.05) is 38.0 Å². The maximum absolute atomic E-state index is 12.7. The molecule has 6 heteroatoms. The Morgan fingerprint density at radius 2 is 1.97 bits per heavy atom. The van der Waals surface area contributed by atoms with Crippen LogP contribution in [0.4, 0.5) is 5.82 Å². The first-order chi connectivity index (χ1) is 14.9. The Morgan fingerprint density at radius 3 is 2.77 bits per heavy atom. The molecule has 1 aromatic heterocycles. The van der Waals surface area contributed by atoms with Crippen LogP contribution in [0.3, 0.4) is 0 Å². The second-order valence-corrected chi connectivity index (χ2v) is 8.11. The highest BCUT2D eigenvalue weighted by molar-refractivity contribution is 5.94. The van der Waals surface area contributed by atoms with Crippen molar-refractivity contribution in [2.75, 3.05) is 26.0 Å². The normalized spacial score (nSPS) is 14.4. The number of carbonyl (C=O) groups is 2. The Hall–Kier alpha value is -3.51. The van der Waals surface area contributed by atoms with Crippen LogP contribution in [-0.2, 0) is 22.7 Å². The van der Waals surface area contributed by atoms with Gasteiger partial charge in [-0.25, -0.2) is 4.98 Å². The number of hydrogen-bond acceptors (Lipinski definition) is 4. The van der Waals surface area contributed by atoms with Crippen LogP contribution in [0.25, 0.3) is 16.8 Å². The molecule has 0 saturated carbocycles. The number of hydrogen-bond donors (Lipinski definition) is 1. The molecule has 1 N–H and O–H groups in total. The Bertz CT molecular complexity index is 1190. The van der Waals surface area contributed by atoms with Crippen molar-refractivity contribution in [3.63, 3.8) is 0 Å². The number of amides is 2. The summed E-state index contributed by atoms with van der Waals surface area (Å²) in [6, 6.07) is 14.4. The van der Waals surface area contributed by atoms with Crippen molar-refractivity contribution in [2.24, 2.45) is 0 Å². The first-order valence-electron chi connectivity index (χ1n) is 10.3. The van der Waals surface area contributed by atoms with Crippen LogP contribution in [0.1, 0.15) is 22.3 Å². The predicted molar refractivity (Wildman–Crippen MR) is 123 cm³/mol. The fourth-order valence-corrected chi connectivity index (χ4v) is 3.89. The average molecular weight is 415 g/mol. The number of aromatic nitrogens is 1. The summed E-state index contributed by atoms with van der Waals surface area (Å²) in [4.78, 5) is 32.5. The Morgan fingerprint density at radius 1 is 1.19 bits per heavy atom. The van der Waals surface area contributed by atoms with Crippen molar-refractivity contribution < 1.29 is 9.59 Å². The summed E-state index contributed by atoms with van der Waals surface area (Å²) in [5.41, 5.74) is 4.11. The minimum Gasteiger partial charge on any atom is -0.338 e. The fourth-order valence-electron chi connectivity index (χ4n) is 3.89. The Kier molecular flexibility index (Phi) is 5.82. The lowest BCUT2D eigenvalue weighted by Gasteiger charge is -2.17. The van der Waals surface area contributed by atoms with E-state index in [2.05, 4.69) is 41.5 Å². The van der Waals surface area contributed by atoms with E-state index in [4.69, 9.17) is 0 Å². The van der Waals surface area contributed by atoms with Crippen molar-refractivity contribution >= 4 is 34.5 Å². The van der Waals surface area contributed by atoms with Gasteiger partial charge in [0.15, 0.2) is 0 Å². The zero-order valence-corrected chi connectivity index (χ0v) is 18.1. The molecule has 0 fully saturated rings. The predicted octanol–water partition coefficient (Wildman–Crippen LogP) is 3.60. The standard InChI is InChI=1S/C25H26N4O2/c1-17-8-10-19(22-7-5-4-6-21(17)22)15-29(3)24(31)11-9-18-12-20-14-28(2)16-23(30)27-25(20)26-13-18/h4-13H,14-16H2,1-3H3,(H,26,27,30). The van der Waals surface area contributed by atoms with Gasteiger partial charge in [0.1, 0.15) is 5.82 Å². The van der Waals surface area contributed by atoms with Crippen LogP contribution in [-0.4, -0.2) is 47.2 Å². The number of nitrogens with one attached hydrogen (secondary N) is 1. The van der Waals surface area contributed by atoms with Crippen molar-refractivity contribution in [3.8, 4) is 0 Å². The summed E-state index contributed by atoms with van der Waals surface area (Å²) in [5.74, 6) is 0.434. The second kappa shape index (κ2) is 8.70. The van der Waals surface area contributed by atoms with Gasteiger partial charge in [-0.2, -0.15) is 0 Å². The fraction of sp³-hybridized carbons (Fsp3) is 0.240. The number of benzene rings is 2. The average Bonchev–Trinajstić information content (AvgIpc) is 2.89. The third kappa shape index (κ3) is 4.64. The number of nitrogens with zero attached hydrogens (tertiary/aromatic N) is 3.